The normalized spacial score (nSPS) is 8.40. The van der Waals surface area contributed by atoms with Crippen molar-refractivity contribution in [2.45, 2.75) is 13.8 Å². The second kappa shape index (κ2) is 6.42. The van der Waals surface area contributed by atoms with E-state index in [1.807, 2.05) is 13.0 Å². The molecule has 0 atom stereocenters. The molecule has 0 aliphatic rings. The van der Waals surface area contributed by atoms with Gasteiger partial charge in [0.2, 0.25) is 6.29 Å². The van der Waals surface area contributed by atoms with Crippen LogP contribution in [0.2, 0.25) is 0 Å². The van der Waals surface area contributed by atoms with Crippen LogP contribution in [0.25, 0.3) is 0 Å². The van der Waals surface area contributed by atoms with Crippen molar-refractivity contribution in [3.63, 3.8) is 0 Å². The van der Waals surface area contributed by atoms with Crippen LogP contribution in [-0.2, 0) is 9.59 Å². The molecule has 1 aromatic rings. The summed E-state index contributed by atoms with van der Waals surface area (Å²) in [5, 5.41) is 7.35. The minimum atomic E-state index is -1.43. The molecule has 0 bridgehead atoms. The van der Waals surface area contributed by atoms with Crippen LogP contribution >= 0.6 is 0 Å². The smallest absolute Gasteiger partial charge is 0.368 e. The van der Waals surface area contributed by atoms with Gasteiger partial charge in [-0.25, -0.2) is 4.79 Å². The van der Waals surface area contributed by atoms with Gasteiger partial charge < -0.3 is 5.11 Å². The monoisotopic (exact) mass is 209 g/mol. The zero-order chi connectivity index (χ0) is 11.8. The van der Waals surface area contributed by atoms with E-state index in [2.05, 4.69) is 4.98 Å². The van der Waals surface area contributed by atoms with Gasteiger partial charge in [-0.1, -0.05) is 0 Å². The molecule has 1 heterocycles. The number of Topliss-reactive ketones (excluding diaryl/α,β-unsaturated/α-hetero) is 1. The molecule has 5 heteroatoms. The van der Waals surface area contributed by atoms with Crippen molar-refractivity contribution in [2.24, 2.45) is 0 Å². The molecule has 0 spiro atoms. The van der Waals surface area contributed by atoms with Gasteiger partial charge in [0, 0.05) is 17.5 Å². The first-order chi connectivity index (χ1) is 6.97. The number of carbonyl (C=O) groups excluding carboxylic acids is 2. The lowest BCUT2D eigenvalue weighted by molar-refractivity contribution is -0.143. The Morgan fingerprint density at radius 2 is 1.93 bits per heavy atom. The zero-order valence-electron chi connectivity index (χ0n) is 8.43. The molecular formula is C10H11NO4. The molecule has 80 valence electrons. The molecule has 1 rings (SSSR count). The van der Waals surface area contributed by atoms with Crippen molar-refractivity contribution in [2.75, 3.05) is 0 Å². The number of aliphatic carboxylic acids is 1. The summed E-state index contributed by atoms with van der Waals surface area (Å²) in [4.78, 5) is 32.6. The van der Waals surface area contributed by atoms with E-state index >= 15 is 0 Å². The molecule has 15 heavy (non-hydrogen) atoms. The molecule has 0 unspecified atom stereocenters. The molecule has 0 amide bonds. The van der Waals surface area contributed by atoms with E-state index in [0.717, 1.165) is 5.69 Å². The Balaban J connectivity index is 0.000000336. The second-order valence-corrected chi connectivity index (χ2v) is 2.70. The van der Waals surface area contributed by atoms with Gasteiger partial charge in [-0.15, -0.1) is 0 Å². The number of aldehydes is 1. The first kappa shape index (κ1) is 13.0. The van der Waals surface area contributed by atoms with E-state index in [0.29, 0.717) is 5.56 Å². The molecule has 0 saturated heterocycles. The number of nitrogens with zero attached hydrogens (tertiary/aromatic N) is 1. The van der Waals surface area contributed by atoms with E-state index in [1.54, 1.807) is 12.3 Å². The third-order valence-electron chi connectivity index (χ3n) is 1.42. The first-order valence-electron chi connectivity index (χ1n) is 4.09. The number of carboxylic acids is 1. The number of carboxylic acid groups (broad SMARTS) is 1. The molecule has 1 N–H and O–H groups in total. The van der Waals surface area contributed by atoms with E-state index in [4.69, 9.17) is 14.7 Å². The van der Waals surface area contributed by atoms with Gasteiger partial charge in [0.05, 0.1) is 0 Å². The van der Waals surface area contributed by atoms with Crippen LogP contribution in [0.4, 0.5) is 0 Å². The minimum absolute atomic E-state index is 0.0625. The number of pyridine rings is 1. The van der Waals surface area contributed by atoms with Crippen LogP contribution in [0.5, 0.6) is 0 Å². The number of carbonyl (C=O) groups is 3. The molecule has 0 saturated carbocycles. The fourth-order valence-corrected chi connectivity index (χ4v) is 0.676. The predicted octanol–water partition coefficient (Wildman–Crippen LogP) is 0.863. The van der Waals surface area contributed by atoms with E-state index < -0.39 is 5.97 Å². The quantitative estimate of drug-likeness (QED) is 0.443. The predicted molar refractivity (Wildman–Crippen MR) is 52.7 cm³/mol. The van der Waals surface area contributed by atoms with Crippen LogP contribution in [0, 0.1) is 6.92 Å². The zero-order valence-corrected chi connectivity index (χ0v) is 8.43. The molecule has 0 fully saturated rings. The second-order valence-electron chi connectivity index (χ2n) is 2.70. The van der Waals surface area contributed by atoms with Crippen LogP contribution in [-0.4, -0.2) is 28.1 Å². The Labute approximate surface area is 86.8 Å². The Morgan fingerprint density at radius 1 is 1.40 bits per heavy atom. The third kappa shape index (κ3) is 6.09. The summed E-state index contributed by atoms with van der Waals surface area (Å²) in [7, 11) is 0. The molecule has 0 aliphatic carbocycles. The summed E-state index contributed by atoms with van der Waals surface area (Å²) in [6.07, 6.45) is 1.43. The molecule has 0 aromatic carbocycles. The Bertz CT molecular complexity index is 356. The number of aromatic nitrogens is 1. The highest BCUT2D eigenvalue weighted by Crippen LogP contribution is 1.98. The Morgan fingerprint density at radius 3 is 2.20 bits per heavy atom. The average Bonchev–Trinajstić information content (AvgIpc) is 2.19. The summed E-state index contributed by atoms with van der Waals surface area (Å²) in [5.74, 6) is -1.36. The van der Waals surface area contributed by atoms with Crippen LogP contribution in [0.3, 0.4) is 0 Å². The van der Waals surface area contributed by atoms with E-state index in [9.17, 15) is 4.79 Å². The summed E-state index contributed by atoms with van der Waals surface area (Å²) in [6.45, 7) is 3.43. The lowest BCUT2D eigenvalue weighted by atomic mass is 10.2. The van der Waals surface area contributed by atoms with Crippen molar-refractivity contribution in [1.82, 2.24) is 4.98 Å². The van der Waals surface area contributed by atoms with Gasteiger partial charge in [0.1, 0.15) is 0 Å². The molecule has 0 aliphatic heterocycles. The minimum Gasteiger partial charge on any atom is -0.476 e. The summed E-state index contributed by atoms with van der Waals surface area (Å²) in [5.41, 5.74) is 1.61. The number of rotatable bonds is 2. The van der Waals surface area contributed by atoms with Crippen molar-refractivity contribution in [3.05, 3.63) is 29.6 Å². The maximum Gasteiger partial charge on any atom is 0.368 e. The van der Waals surface area contributed by atoms with Gasteiger partial charge >= 0.3 is 5.97 Å². The van der Waals surface area contributed by atoms with E-state index in [-0.39, 0.29) is 12.1 Å². The fraction of sp³-hybridized carbons (Fsp3) is 0.200. The largest absolute Gasteiger partial charge is 0.476 e. The highest BCUT2D eigenvalue weighted by molar-refractivity contribution is 6.19. The summed E-state index contributed by atoms with van der Waals surface area (Å²) < 4.78 is 0. The highest BCUT2D eigenvalue weighted by Gasteiger charge is 1.96. The highest BCUT2D eigenvalue weighted by atomic mass is 16.4. The Hall–Kier alpha value is -2.04. The standard InChI is InChI=1S/C8H9NO.C2H2O3/c1-6-3-4-8(5-9-6)7(2)10;3-1-2(4)5/h3-5H,1-2H3;1H,(H,4,5). The van der Waals surface area contributed by atoms with Crippen molar-refractivity contribution < 1.29 is 19.5 Å². The molecule has 5 nitrogen and oxygen atoms in total. The summed E-state index contributed by atoms with van der Waals surface area (Å²) in [6, 6.07) is 3.61. The van der Waals surface area contributed by atoms with Gasteiger partial charge in [-0.2, -0.15) is 0 Å². The van der Waals surface area contributed by atoms with Gasteiger partial charge in [-0.05, 0) is 26.0 Å². The third-order valence-corrected chi connectivity index (χ3v) is 1.42. The number of ketones is 1. The van der Waals surface area contributed by atoms with E-state index in [1.165, 1.54) is 6.92 Å². The number of hydrogen-bond donors (Lipinski definition) is 1. The maximum absolute atomic E-state index is 10.7. The lowest BCUT2D eigenvalue weighted by Crippen LogP contribution is -1.92. The van der Waals surface area contributed by atoms with Crippen molar-refractivity contribution in [1.29, 1.82) is 0 Å². The number of hydrogen-bond acceptors (Lipinski definition) is 4. The molecule has 1 aromatic heterocycles. The Kier molecular flexibility index (Phi) is 5.55. The topological polar surface area (TPSA) is 84.3 Å². The molecule has 0 radical (unpaired) electrons. The summed E-state index contributed by atoms with van der Waals surface area (Å²) >= 11 is 0. The SMILES string of the molecule is CC(=O)c1ccc(C)nc1.O=CC(=O)O. The van der Waals surface area contributed by atoms with Gasteiger partial charge in [-0.3, -0.25) is 14.6 Å². The maximum atomic E-state index is 10.7. The van der Waals surface area contributed by atoms with Gasteiger partial charge in [0.15, 0.2) is 5.78 Å². The van der Waals surface area contributed by atoms with Crippen LogP contribution < -0.4 is 0 Å². The fourth-order valence-electron chi connectivity index (χ4n) is 0.676. The van der Waals surface area contributed by atoms with Crippen LogP contribution in [0.15, 0.2) is 18.3 Å². The average molecular weight is 209 g/mol. The lowest BCUT2D eigenvalue weighted by Gasteiger charge is -1.93. The van der Waals surface area contributed by atoms with Gasteiger partial charge in [0.25, 0.3) is 0 Å². The van der Waals surface area contributed by atoms with Crippen molar-refractivity contribution in [3.8, 4) is 0 Å². The first-order valence-corrected chi connectivity index (χ1v) is 4.09. The van der Waals surface area contributed by atoms with Crippen molar-refractivity contribution >= 4 is 18.0 Å². The molecular weight excluding hydrogens is 198 g/mol. The number of aryl methyl sites for hydroxylation is 1. The van der Waals surface area contributed by atoms with Crippen LogP contribution in [0.1, 0.15) is 23.0 Å².